The van der Waals surface area contributed by atoms with Crippen LogP contribution in [0.25, 0.3) is 10.9 Å². The number of hydrogen-bond acceptors (Lipinski definition) is 2. The van der Waals surface area contributed by atoms with Crippen molar-refractivity contribution in [2.24, 2.45) is 0 Å². The number of aryl methyl sites for hydroxylation is 2. The fourth-order valence-corrected chi connectivity index (χ4v) is 2.40. The quantitative estimate of drug-likeness (QED) is 0.697. The van der Waals surface area contributed by atoms with Crippen LogP contribution in [0.15, 0.2) is 54.7 Å². The highest BCUT2D eigenvalue weighted by atomic mass is 16.5. The molecule has 1 heterocycles. The third kappa shape index (κ3) is 2.50. The number of para-hydroxylation sites is 1. The zero-order chi connectivity index (χ0) is 13.9. The van der Waals surface area contributed by atoms with Crippen LogP contribution in [-0.2, 0) is 6.61 Å². The lowest BCUT2D eigenvalue weighted by Crippen LogP contribution is -1.99. The Kier molecular flexibility index (Phi) is 3.38. The van der Waals surface area contributed by atoms with Crippen LogP contribution >= 0.6 is 0 Å². The van der Waals surface area contributed by atoms with Crippen LogP contribution in [0, 0.1) is 13.8 Å². The Bertz CT molecular complexity index is 729. The Morgan fingerprint density at radius 3 is 2.55 bits per heavy atom. The second-order valence-corrected chi connectivity index (χ2v) is 5.04. The van der Waals surface area contributed by atoms with Crippen molar-refractivity contribution in [1.29, 1.82) is 0 Å². The SMILES string of the molecule is Cc1cccc(C)c1OCc1ccc2ncccc2c1. The number of rotatable bonds is 3. The molecule has 0 spiro atoms. The first-order valence-electron chi connectivity index (χ1n) is 6.77. The molecule has 3 aromatic rings. The van der Waals surface area contributed by atoms with E-state index in [4.69, 9.17) is 4.74 Å². The molecule has 0 radical (unpaired) electrons. The van der Waals surface area contributed by atoms with E-state index in [1.165, 1.54) is 11.1 Å². The lowest BCUT2D eigenvalue weighted by molar-refractivity contribution is 0.302. The standard InChI is InChI=1S/C18H17NO/c1-13-5-3-6-14(2)18(13)20-12-15-8-9-17-16(11-15)7-4-10-19-17/h3-11H,12H2,1-2H3. The summed E-state index contributed by atoms with van der Waals surface area (Å²) < 4.78 is 5.98. The average Bonchev–Trinajstić information content (AvgIpc) is 2.46. The van der Waals surface area contributed by atoms with Gasteiger partial charge in [-0.25, -0.2) is 0 Å². The van der Waals surface area contributed by atoms with Crippen molar-refractivity contribution in [3.8, 4) is 5.75 Å². The minimum Gasteiger partial charge on any atom is -0.488 e. The predicted molar refractivity (Wildman–Crippen MR) is 82.0 cm³/mol. The van der Waals surface area contributed by atoms with Crippen LogP contribution in [0.1, 0.15) is 16.7 Å². The van der Waals surface area contributed by atoms with Crippen molar-refractivity contribution in [3.63, 3.8) is 0 Å². The molecule has 0 unspecified atom stereocenters. The molecule has 3 rings (SSSR count). The van der Waals surface area contributed by atoms with Crippen LogP contribution < -0.4 is 4.74 Å². The lowest BCUT2D eigenvalue weighted by atomic mass is 10.1. The number of fused-ring (bicyclic) bond motifs is 1. The Hall–Kier alpha value is -2.35. The second kappa shape index (κ2) is 5.33. The molecule has 0 aliphatic carbocycles. The van der Waals surface area contributed by atoms with Crippen molar-refractivity contribution in [3.05, 3.63) is 71.4 Å². The Morgan fingerprint density at radius 1 is 0.950 bits per heavy atom. The molecule has 20 heavy (non-hydrogen) atoms. The molecular weight excluding hydrogens is 246 g/mol. The summed E-state index contributed by atoms with van der Waals surface area (Å²) in [5.41, 5.74) is 4.52. The minimum absolute atomic E-state index is 0.580. The van der Waals surface area contributed by atoms with Gasteiger partial charge in [0.1, 0.15) is 12.4 Å². The maximum atomic E-state index is 5.98. The monoisotopic (exact) mass is 263 g/mol. The van der Waals surface area contributed by atoms with Crippen molar-refractivity contribution < 1.29 is 4.74 Å². The van der Waals surface area contributed by atoms with Crippen LogP contribution in [0.5, 0.6) is 5.75 Å². The van der Waals surface area contributed by atoms with E-state index >= 15 is 0 Å². The van der Waals surface area contributed by atoms with E-state index in [9.17, 15) is 0 Å². The fraction of sp³-hybridized carbons (Fsp3) is 0.167. The van der Waals surface area contributed by atoms with Crippen molar-refractivity contribution in [2.45, 2.75) is 20.5 Å². The number of aromatic nitrogens is 1. The summed E-state index contributed by atoms with van der Waals surface area (Å²) in [4.78, 5) is 4.33. The van der Waals surface area contributed by atoms with Gasteiger partial charge in [0.2, 0.25) is 0 Å². The molecule has 0 aliphatic heterocycles. The molecule has 2 heteroatoms. The molecule has 0 saturated carbocycles. The first-order valence-corrected chi connectivity index (χ1v) is 6.77. The van der Waals surface area contributed by atoms with Crippen LogP contribution in [0.4, 0.5) is 0 Å². The van der Waals surface area contributed by atoms with Gasteiger partial charge in [-0.1, -0.05) is 30.3 Å². The van der Waals surface area contributed by atoms with Crippen molar-refractivity contribution in [1.82, 2.24) is 4.98 Å². The highest BCUT2D eigenvalue weighted by Gasteiger charge is 2.04. The Balaban J connectivity index is 1.83. The summed E-state index contributed by atoms with van der Waals surface area (Å²) in [6.45, 7) is 4.73. The number of ether oxygens (including phenoxy) is 1. The first-order chi connectivity index (χ1) is 9.74. The molecule has 0 fully saturated rings. The molecule has 0 bridgehead atoms. The van der Waals surface area contributed by atoms with Crippen LogP contribution in [0.3, 0.4) is 0 Å². The highest BCUT2D eigenvalue weighted by molar-refractivity contribution is 5.78. The molecule has 0 atom stereocenters. The molecule has 1 aromatic heterocycles. The smallest absolute Gasteiger partial charge is 0.125 e. The number of nitrogens with zero attached hydrogens (tertiary/aromatic N) is 1. The minimum atomic E-state index is 0.580. The highest BCUT2D eigenvalue weighted by Crippen LogP contribution is 2.24. The molecule has 0 amide bonds. The fourth-order valence-electron chi connectivity index (χ4n) is 2.40. The van der Waals surface area contributed by atoms with E-state index in [1.54, 1.807) is 0 Å². The van der Waals surface area contributed by atoms with Gasteiger partial charge in [-0.3, -0.25) is 4.98 Å². The van der Waals surface area contributed by atoms with E-state index in [-0.39, 0.29) is 0 Å². The van der Waals surface area contributed by atoms with Gasteiger partial charge in [0, 0.05) is 11.6 Å². The molecule has 100 valence electrons. The van der Waals surface area contributed by atoms with Gasteiger partial charge >= 0.3 is 0 Å². The van der Waals surface area contributed by atoms with Gasteiger partial charge in [-0.15, -0.1) is 0 Å². The van der Waals surface area contributed by atoms with E-state index < -0.39 is 0 Å². The maximum absolute atomic E-state index is 5.98. The van der Waals surface area contributed by atoms with Gasteiger partial charge in [-0.2, -0.15) is 0 Å². The Labute approximate surface area is 119 Å². The predicted octanol–water partition coefficient (Wildman–Crippen LogP) is 4.43. The van der Waals surface area contributed by atoms with Crippen LogP contribution in [-0.4, -0.2) is 4.98 Å². The maximum Gasteiger partial charge on any atom is 0.125 e. The third-order valence-electron chi connectivity index (χ3n) is 3.46. The molecule has 2 nitrogen and oxygen atoms in total. The van der Waals surface area contributed by atoms with Gasteiger partial charge in [0.25, 0.3) is 0 Å². The summed E-state index contributed by atoms with van der Waals surface area (Å²) in [6, 6.07) is 16.5. The third-order valence-corrected chi connectivity index (χ3v) is 3.46. The van der Waals surface area contributed by atoms with Crippen molar-refractivity contribution >= 4 is 10.9 Å². The molecule has 0 N–H and O–H groups in total. The second-order valence-electron chi connectivity index (χ2n) is 5.04. The van der Waals surface area contributed by atoms with E-state index in [0.29, 0.717) is 6.61 Å². The van der Waals surface area contributed by atoms with E-state index in [2.05, 4.69) is 55.2 Å². The largest absolute Gasteiger partial charge is 0.488 e. The van der Waals surface area contributed by atoms with Gasteiger partial charge in [-0.05, 0) is 48.7 Å². The first kappa shape index (κ1) is 12.7. The van der Waals surface area contributed by atoms with Gasteiger partial charge in [0.15, 0.2) is 0 Å². The van der Waals surface area contributed by atoms with E-state index in [1.807, 2.05) is 18.3 Å². The van der Waals surface area contributed by atoms with Crippen LogP contribution in [0.2, 0.25) is 0 Å². The number of benzene rings is 2. The zero-order valence-electron chi connectivity index (χ0n) is 11.8. The lowest BCUT2D eigenvalue weighted by Gasteiger charge is -2.12. The molecular formula is C18H17NO. The summed E-state index contributed by atoms with van der Waals surface area (Å²) in [6.07, 6.45) is 1.81. The molecule has 0 saturated heterocycles. The summed E-state index contributed by atoms with van der Waals surface area (Å²) in [5, 5.41) is 1.15. The normalized spacial score (nSPS) is 10.7. The number of hydrogen-bond donors (Lipinski definition) is 0. The summed E-state index contributed by atoms with van der Waals surface area (Å²) in [5.74, 6) is 0.985. The Morgan fingerprint density at radius 2 is 1.75 bits per heavy atom. The molecule has 0 aliphatic rings. The number of pyridine rings is 1. The topological polar surface area (TPSA) is 22.1 Å². The summed E-state index contributed by atoms with van der Waals surface area (Å²) in [7, 11) is 0. The van der Waals surface area contributed by atoms with Crippen molar-refractivity contribution in [2.75, 3.05) is 0 Å². The average molecular weight is 263 g/mol. The zero-order valence-corrected chi connectivity index (χ0v) is 11.8. The molecule has 2 aromatic carbocycles. The summed E-state index contributed by atoms with van der Waals surface area (Å²) >= 11 is 0. The van der Waals surface area contributed by atoms with Gasteiger partial charge < -0.3 is 4.74 Å². The van der Waals surface area contributed by atoms with E-state index in [0.717, 1.165) is 22.2 Å². The van der Waals surface area contributed by atoms with Gasteiger partial charge in [0.05, 0.1) is 5.52 Å².